The molecule has 0 aliphatic carbocycles. The first-order chi connectivity index (χ1) is 14.9. The molecule has 0 spiro atoms. The van der Waals surface area contributed by atoms with E-state index in [0.717, 1.165) is 0 Å². The molecule has 12 heteroatoms. The van der Waals surface area contributed by atoms with Crippen molar-refractivity contribution in [3.8, 4) is 5.75 Å². The highest BCUT2D eigenvalue weighted by molar-refractivity contribution is 7.99. The molecule has 31 heavy (non-hydrogen) atoms. The molecule has 0 bridgehead atoms. The van der Waals surface area contributed by atoms with E-state index in [1.807, 2.05) is 6.92 Å². The number of ether oxygens (including phenoxy) is 1. The van der Waals surface area contributed by atoms with E-state index in [0.29, 0.717) is 29.0 Å². The first-order valence-electron chi connectivity index (χ1n) is 9.04. The summed E-state index contributed by atoms with van der Waals surface area (Å²) in [4.78, 5) is 22.4. The van der Waals surface area contributed by atoms with Gasteiger partial charge in [0.15, 0.2) is 11.0 Å². The largest absolute Gasteiger partial charge is 0.486 e. The number of carbonyl (C=O) groups excluding carboxylic acids is 1. The number of nitrogens with one attached hydrogen (secondary N) is 1. The van der Waals surface area contributed by atoms with Gasteiger partial charge in [0.2, 0.25) is 5.91 Å². The van der Waals surface area contributed by atoms with Crippen LogP contribution in [0.25, 0.3) is 0 Å². The van der Waals surface area contributed by atoms with E-state index in [9.17, 15) is 19.3 Å². The number of amides is 1. The van der Waals surface area contributed by atoms with Crippen molar-refractivity contribution < 1.29 is 18.8 Å². The lowest BCUT2D eigenvalue weighted by Crippen LogP contribution is -2.15. The second-order valence-electron chi connectivity index (χ2n) is 6.15. The van der Waals surface area contributed by atoms with Gasteiger partial charge in [0.25, 0.3) is 5.69 Å². The van der Waals surface area contributed by atoms with Gasteiger partial charge in [0, 0.05) is 30.4 Å². The Bertz CT molecular complexity index is 1090. The first-order valence-corrected chi connectivity index (χ1v) is 10.4. The molecule has 162 valence electrons. The molecular weight excluding hydrogens is 449 g/mol. The molecule has 1 heterocycles. The van der Waals surface area contributed by atoms with E-state index in [2.05, 4.69) is 15.5 Å². The van der Waals surface area contributed by atoms with Gasteiger partial charge in [-0.2, -0.15) is 0 Å². The van der Waals surface area contributed by atoms with E-state index in [-0.39, 0.29) is 29.0 Å². The zero-order chi connectivity index (χ0) is 22.4. The predicted octanol–water partition coefficient (Wildman–Crippen LogP) is 4.31. The molecule has 3 aromatic rings. The molecule has 0 saturated carbocycles. The van der Waals surface area contributed by atoms with E-state index < -0.39 is 10.7 Å². The van der Waals surface area contributed by atoms with Gasteiger partial charge in [-0.05, 0) is 31.2 Å². The van der Waals surface area contributed by atoms with Crippen molar-refractivity contribution in [3.05, 3.63) is 69.2 Å². The minimum absolute atomic E-state index is 0.0373. The van der Waals surface area contributed by atoms with Crippen LogP contribution >= 0.6 is 23.4 Å². The van der Waals surface area contributed by atoms with Crippen LogP contribution < -0.4 is 10.1 Å². The zero-order valence-corrected chi connectivity index (χ0v) is 17.8. The van der Waals surface area contributed by atoms with Gasteiger partial charge in [0.1, 0.15) is 18.2 Å². The maximum Gasteiger partial charge on any atom is 0.269 e. The number of rotatable bonds is 9. The molecular formula is C19H17ClFN5O4S. The second-order valence-corrected chi connectivity index (χ2v) is 7.50. The van der Waals surface area contributed by atoms with Crippen molar-refractivity contribution in [3.63, 3.8) is 0 Å². The van der Waals surface area contributed by atoms with Crippen LogP contribution in [0.3, 0.4) is 0 Å². The standard InChI is InChI=1S/C19H17ClFN5O4S/c1-2-25-17(10-30-14-7-8-16(21)15(20)9-14)23-24-19(25)31-11-18(27)22-12-3-5-13(6-4-12)26(28)29/h3-9H,2,10-11H2,1H3,(H,22,27). The summed E-state index contributed by atoms with van der Waals surface area (Å²) in [6.07, 6.45) is 0. The summed E-state index contributed by atoms with van der Waals surface area (Å²) in [5, 5.41) is 22.0. The minimum atomic E-state index is -0.531. The van der Waals surface area contributed by atoms with Gasteiger partial charge >= 0.3 is 0 Å². The molecule has 1 aromatic heterocycles. The van der Waals surface area contributed by atoms with E-state index >= 15 is 0 Å². The quantitative estimate of drug-likeness (QED) is 0.284. The second kappa shape index (κ2) is 10.2. The number of hydrogen-bond acceptors (Lipinski definition) is 7. The fourth-order valence-electron chi connectivity index (χ4n) is 2.56. The summed E-state index contributed by atoms with van der Waals surface area (Å²) in [6.45, 7) is 2.56. The molecule has 0 atom stereocenters. The molecule has 2 aromatic carbocycles. The Kier molecular flexibility index (Phi) is 7.42. The molecule has 0 radical (unpaired) electrons. The number of nitro benzene ring substituents is 1. The smallest absolute Gasteiger partial charge is 0.269 e. The van der Waals surface area contributed by atoms with Gasteiger partial charge in [-0.25, -0.2) is 4.39 Å². The maximum atomic E-state index is 13.2. The van der Waals surface area contributed by atoms with Crippen LogP contribution in [0.2, 0.25) is 5.02 Å². The number of benzene rings is 2. The lowest BCUT2D eigenvalue weighted by atomic mass is 10.3. The van der Waals surface area contributed by atoms with E-state index in [4.69, 9.17) is 16.3 Å². The Morgan fingerprint density at radius 1 is 1.29 bits per heavy atom. The van der Waals surface area contributed by atoms with Crippen LogP contribution in [0, 0.1) is 15.9 Å². The average molecular weight is 466 g/mol. The number of carbonyl (C=O) groups is 1. The Hall–Kier alpha value is -3.18. The number of hydrogen-bond donors (Lipinski definition) is 1. The van der Waals surface area contributed by atoms with Crippen LogP contribution in [0.1, 0.15) is 12.7 Å². The molecule has 3 rings (SSSR count). The average Bonchev–Trinajstić information content (AvgIpc) is 3.15. The Labute approximate surface area is 185 Å². The molecule has 9 nitrogen and oxygen atoms in total. The Balaban J connectivity index is 1.56. The highest BCUT2D eigenvalue weighted by Gasteiger charge is 2.14. The van der Waals surface area contributed by atoms with E-state index in [1.165, 1.54) is 54.2 Å². The Morgan fingerprint density at radius 3 is 2.68 bits per heavy atom. The third-order valence-electron chi connectivity index (χ3n) is 4.06. The van der Waals surface area contributed by atoms with Crippen LogP contribution in [-0.2, 0) is 17.9 Å². The summed E-state index contributed by atoms with van der Waals surface area (Å²) in [5.74, 6) is 0.193. The number of non-ortho nitro benzene ring substituents is 1. The van der Waals surface area contributed by atoms with Crippen LogP contribution in [0.5, 0.6) is 5.75 Å². The number of halogens is 2. The summed E-state index contributed by atoms with van der Waals surface area (Å²) >= 11 is 6.95. The first kappa shape index (κ1) is 22.5. The van der Waals surface area contributed by atoms with Crippen molar-refractivity contribution in [2.45, 2.75) is 25.2 Å². The molecule has 0 fully saturated rings. The molecule has 1 amide bonds. The minimum Gasteiger partial charge on any atom is -0.486 e. The summed E-state index contributed by atoms with van der Waals surface area (Å²) in [6, 6.07) is 9.62. The van der Waals surface area contributed by atoms with Crippen molar-refractivity contribution in [2.24, 2.45) is 0 Å². The van der Waals surface area contributed by atoms with E-state index in [1.54, 1.807) is 4.57 Å². The number of nitrogens with zero attached hydrogens (tertiary/aromatic N) is 4. The van der Waals surface area contributed by atoms with Crippen molar-refractivity contribution in [1.82, 2.24) is 14.8 Å². The number of thioether (sulfide) groups is 1. The SMILES string of the molecule is CCn1c(COc2ccc(F)c(Cl)c2)nnc1SCC(=O)Nc1ccc([N+](=O)[O-])cc1. The number of aromatic nitrogens is 3. The molecule has 1 N–H and O–H groups in total. The van der Waals surface area contributed by atoms with Crippen molar-refractivity contribution >= 4 is 40.6 Å². The third kappa shape index (κ3) is 5.92. The monoisotopic (exact) mass is 465 g/mol. The van der Waals surface area contributed by atoms with Crippen LogP contribution in [0.15, 0.2) is 47.6 Å². The molecule has 0 aliphatic rings. The fourth-order valence-corrected chi connectivity index (χ4v) is 3.55. The van der Waals surface area contributed by atoms with Gasteiger partial charge in [-0.3, -0.25) is 14.9 Å². The van der Waals surface area contributed by atoms with Crippen molar-refractivity contribution in [1.29, 1.82) is 0 Å². The third-order valence-corrected chi connectivity index (χ3v) is 5.32. The van der Waals surface area contributed by atoms with Gasteiger partial charge in [-0.15, -0.1) is 10.2 Å². The van der Waals surface area contributed by atoms with Crippen LogP contribution in [0.4, 0.5) is 15.8 Å². The van der Waals surface area contributed by atoms with Gasteiger partial charge in [0.05, 0.1) is 15.7 Å². The lowest BCUT2D eigenvalue weighted by molar-refractivity contribution is -0.384. The number of nitro groups is 1. The summed E-state index contributed by atoms with van der Waals surface area (Å²) in [5.41, 5.74) is 0.404. The topological polar surface area (TPSA) is 112 Å². The highest BCUT2D eigenvalue weighted by atomic mass is 35.5. The fraction of sp³-hybridized carbons (Fsp3) is 0.211. The predicted molar refractivity (Wildman–Crippen MR) is 114 cm³/mol. The summed E-state index contributed by atoms with van der Waals surface area (Å²) < 4.78 is 20.6. The molecule has 0 unspecified atom stereocenters. The van der Waals surface area contributed by atoms with Crippen LogP contribution in [-0.4, -0.2) is 31.3 Å². The lowest BCUT2D eigenvalue weighted by Gasteiger charge is -2.09. The maximum absolute atomic E-state index is 13.2. The highest BCUT2D eigenvalue weighted by Crippen LogP contribution is 2.23. The zero-order valence-electron chi connectivity index (χ0n) is 16.2. The van der Waals surface area contributed by atoms with Gasteiger partial charge in [-0.1, -0.05) is 23.4 Å². The normalized spacial score (nSPS) is 10.7. The van der Waals surface area contributed by atoms with Gasteiger partial charge < -0.3 is 14.6 Å². The summed E-state index contributed by atoms with van der Waals surface area (Å²) in [7, 11) is 0. The molecule has 0 saturated heterocycles. The molecule has 0 aliphatic heterocycles. The Morgan fingerprint density at radius 2 is 2.03 bits per heavy atom. The number of anilines is 1. The van der Waals surface area contributed by atoms with Crippen molar-refractivity contribution in [2.75, 3.05) is 11.1 Å².